The summed E-state index contributed by atoms with van der Waals surface area (Å²) in [6.45, 7) is 22.2. The van der Waals surface area contributed by atoms with Crippen molar-refractivity contribution >= 4 is 12.2 Å². The van der Waals surface area contributed by atoms with Gasteiger partial charge in [-0.3, -0.25) is 0 Å². The Balaban J connectivity index is -0.000000437. The standard InChI is InChI=1S/C10H21NO3.C10H18O3.CH4.H3N/c1-8(2,9(3,4)13)10(5,6)14-7(11)12;1-8(2)9(3,4)12-7(11)13-10(8,5)6;;/h13H,1-6H3,(H2,11,12);1-6H3;1H4;1H3. The van der Waals surface area contributed by atoms with Gasteiger partial charge in [-0.25, -0.2) is 9.59 Å². The lowest BCUT2D eigenvalue weighted by Crippen LogP contribution is -2.61. The van der Waals surface area contributed by atoms with Crippen LogP contribution in [0.5, 0.6) is 0 Å². The molecule has 6 N–H and O–H groups in total. The van der Waals surface area contributed by atoms with Crippen LogP contribution in [0.25, 0.3) is 0 Å². The number of amides is 1. The number of ether oxygens (including phenoxy) is 3. The maximum Gasteiger partial charge on any atom is 0.509 e. The lowest BCUT2D eigenvalue weighted by Gasteiger charge is -2.53. The van der Waals surface area contributed by atoms with E-state index in [0.29, 0.717) is 0 Å². The third kappa shape index (κ3) is 6.47. The zero-order chi connectivity index (χ0) is 22.3. The zero-order valence-corrected chi connectivity index (χ0v) is 19.8. The van der Waals surface area contributed by atoms with Crippen LogP contribution in [-0.2, 0) is 14.2 Å². The summed E-state index contributed by atoms with van der Waals surface area (Å²) in [5.41, 5.74) is 1.38. The van der Waals surface area contributed by atoms with E-state index >= 15 is 0 Å². The smallest absolute Gasteiger partial charge is 0.443 e. The highest BCUT2D eigenvalue weighted by molar-refractivity contribution is 5.65. The number of carbonyl (C=O) groups excluding carboxylic acids is 2. The van der Waals surface area contributed by atoms with Crippen molar-refractivity contribution in [2.75, 3.05) is 0 Å². The van der Waals surface area contributed by atoms with E-state index in [9.17, 15) is 14.7 Å². The van der Waals surface area contributed by atoms with Crippen molar-refractivity contribution in [3.8, 4) is 0 Å². The zero-order valence-electron chi connectivity index (χ0n) is 19.8. The minimum Gasteiger partial charge on any atom is -0.443 e. The van der Waals surface area contributed by atoms with Crippen LogP contribution in [0.3, 0.4) is 0 Å². The van der Waals surface area contributed by atoms with E-state index in [4.69, 9.17) is 19.9 Å². The molecule has 1 fully saturated rings. The molecule has 0 saturated carbocycles. The van der Waals surface area contributed by atoms with Gasteiger partial charge in [-0.05, 0) is 55.4 Å². The Morgan fingerprint density at radius 3 is 1.48 bits per heavy atom. The molecule has 0 bridgehead atoms. The predicted octanol–water partition coefficient (Wildman–Crippen LogP) is 5.19. The van der Waals surface area contributed by atoms with Gasteiger partial charge in [-0.1, -0.05) is 35.1 Å². The number of cyclic esters (lactones) is 2. The second-order valence-corrected chi connectivity index (χ2v) is 10.2. The molecule has 0 aromatic heterocycles. The Morgan fingerprint density at radius 1 is 0.931 bits per heavy atom. The summed E-state index contributed by atoms with van der Waals surface area (Å²) < 4.78 is 15.3. The molecule has 0 unspecified atom stereocenters. The lowest BCUT2D eigenvalue weighted by atomic mass is 9.66. The molecule has 8 heteroatoms. The molecule has 0 aliphatic carbocycles. The van der Waals surface area contributed by atoms with Crippen molar-refractivity contribution in [1.82, 2.24) is 6.15 Å². The molecule has 1 saturated heterocycles. The number of nitrogens with two attached hydrogens (primary N) is 1. The molecular weight excluding hydrogens is 376 g/mol. The average molecular weight is 423 g/mol. The first-order valence-corrected chi connectivity index (χ1v) is 9.15. The van der Waals surface area contributed by atoms with E-state index in [-0.39, 0.29) is 19.0 Å². The fourth-order valence-corrected chi connectivity index (χ4v) is 2.53. The Kier molecular flexibility index (Phi) is 10.1. The molecule has 29 heavy (non-hydrogen) atoms. The highest BCUT2D eigenvalue weighted by atomic mass is 16.8. The van der Waals surface area contributed by atoms with Gasteiger partial charge in [0.25, 0.3) is 0 Å². The van der Waals surface area contributed by atoms with Gasteiger partial charge in [0, 0.05) is 10.8 Å². The maximum absolute atomic E-state index is 11.1. The molecule has 176 valence electrons. The summed E-state index contributed by atoms with van der Waals surface area (Å²) in [7, 11) is 0. The van der Waals surface area contributed by atoms with Crippen LogP contribution in [0.1, 0.15) is 90.5 Å². The molecule has 0 spiro atoms. The summed E-state index contributed by atoms with van der Waals surface area (Å²) >= 11 is 0. The first kappa shape index (κ1) is 32.1. The van der Waals surface area contributed by atoms with E-state index in [1.807, 2.05) is 55.4 Å². The Labute approximate surface area is 177 Å². The SMILES string of the molecule is C.CC(C)(O)C(C)(C)C(C)(C)OC(N)=O.CC1(C)OC(=O)OC(C)(C)C1(C)C.N. The second kappa shape index (κ2) is 9.08. The third-order valence-electron chi connectivity index (χ3n) is 7.08. The van der Waals surface area contributed by atoms with Crippen LogP contribution < -0.4 is 11.9 Å². The molecule has 8 nitrogen and oxygen atoms in total. The van der Waals surface area contributed by atoms with Gasteiger partial charge in [0.15, 0.2) is 0 Å². The summed E-state index contributed by atoms with van der Waals surface area (Å²) in [5, 5.41) is 9.96. The summed E-state index contributed by atoms with van der Waals surface area (Å²) in [6, 6.07) is 0. The number of hydrogen-bond acceptors (Lipinski definition) is 7. The van der Waals surface area contributed by atoms with Crippen LogP contribution in [-0.4, -0.2) is 39.8 Å². The first-order valence-electron chi connectivity index (χ1n) is 9.15. The van der Waals surface area contributed by atoms with E-state index in [2.05, 4.69) is 0 Å². The average Bonchev–Trinajstić information content (AvgIpc) is 2.32. The van der Waals surface area contributed by atoms with Gasteiger partial charge in [-0.2, -0.15) is 0 Å². The monoisotopic (exact) mass is 422 g/mol. The molecule has 0 radical (unpaired) electrons. The Bertz CT molecular complexity index is 550. The number of primary amides is 1. The molecule has 0 aromatic rings. The predicted molar refractivity (Wildman–Crippen MR) is 116 cm³/mol. The van der Waals surface area contributed by atoms with Crippen molar-refractivity contribution in [3.63, 3.8) is 0 Å². The molecule has 0 aromatic carbocycles. The fourth-order valence-electron chi connectivity index (χ4n) is 2.53. The number of aliphatic hydroxyl groups is 1. The minimum atomic E-state index is -0.966. The van der Waals surface area contributed by atoms with Gasteiger partial charge >= 0.3 is 12.2 Å². The minimum absolute atomic E-state index is 0. The van der Waals surface area contributed by atoms with E-state index in [0.717, 1.165) is 0 Å². The maximum atomic E-state index is 11.1. The largest absolute Gasteiger partial charge is 0.509 e. The van der Waals surface area contributed by atoms with Crippen LogP contribution in [0.4, 0.5) is 9.59 Å². The number of rotatable bonds is 3. The quantitative estimate of drug-likeness (QED) is 0.531. The first-order chi connectivity index (χ1) is 11.5. The third-order valence-corrected chi connectivity index (χ3v) is 7.08. The Hall–Kier alpha value is -1.54. The van der Waals surface area contributed by atoms with Crippen molar-refractivity contribution in [2.45, 2.75) is 113 Å². The second-order valence-electron chi connectivity index (χ2n) is 10.2. The van der Waals surface area contributed by atoms with E-state index < -0.39 is 40.1 Å². The van der Waals surface area contributed by atoms with Crippen LogP contribution in [0.2, 0.25) is 0 Å². The summed E-state index contributed by atoms with van der Waals surface area (Å²) in [4.78, 5) is 21.8. The molecule has 1 aliphatic heterocycles. The molecule has 1 rings (SSSR count). The highest BCUT2D eigenvalue weighted by Gasteiger charge is 2.57. The van der Waals surface area contributed by atoms with Gasteiger partial charge in [0.1, 0.15) is 16.8 Å². The fraction of sp³-hybridized carbons (Fsp3) is 0.905. The van der Waals surface area contributed by atoms with Crippen LogP contribution in [0.15, 0.2) is 0 Å². The highest BCUT2D eigenvalue weighted by Crippen LogP contribution is 2.48. The van der Waals surface area contributed by atoms with Crippen LogP contribution in [0, 0.1) is 10.8 Å². The Morgan fingerprint density at radius 2 is 1.24 bits per heavy atom. The van der Waals surface area contributed by atoms with Gasteiger partial charge < -0.3 is 31.2 Å². The van der Waals surface area contributed by atoms with Crippen molar-refractivity contribution in [2.24, 2.45) is 16.6 Å². The molecular formula is C21H46N2O6. The van der Waals surface area contributed by atoms with E-state index in [1.54, 1.807) is 27.7 Å². The van der Waals surface area contributed by atoms with E-state index in [1.165, 1.54) is 0 Å². The summed E-state index contributed by atoms with van der Waals surface area (Å²) in [6.07, 6.45) is -1.40. The normalized spacial score (nSPS) is 19.7. The molecule has 1 aliphatic rings. The summed E-state index contributed by atoms with van der Waals surface area (Å²) in [5.74, 6) is 0. The molecule has 0 atom stereocenters. The van der Waals surface area contributed by atoms with Crippen molar-refractivity contribution < 1.29 is 28.9 Å². The molecule has 1 heterocycles. The van der Waals surface area contributed by atoms with Crippen LogP contribution >= 0.6 is 0 Å². The van der Waals surface area contributed by atoms with Gasteiger partial charge in [0.2, 0.25) is 0 Å². The molecule has 1 amide bonds. The van der Waals surface area contributed by atoms with Gasteiger partial charge in [-0.15, -0.1) is 0 Å². The van der Waals surface area contributed by atoms with Crippen molar-refractivity contribution in [3.05, 3.63) is 0 Å². The number of hydrogen-bond donors (Lipinski definition) is 3. The van der Waals surface area contributed by atoms with Gasteiger partial charge in [0.05, 0.1) is 5.60 Å². The number of carbonyl (C=O) groups is 2. The lowest BCUT2D eigenvalue weighted by molar-refractivity contribution is -0.218. The topological polar surface area (TPSA) is 143 Å². The van der Waals surface area contributed by atoms with Crippen molar-refractivity contribution in [1.29, 1.82) is 0 Å².